The third-order valence-corrected chi connectivity index (χ3v) is 6.36. The third kappa shape index (κ3) is 4.88. The number of carbonyl (C=O) groups excluding carboxylic acids is 2. The first-order valence-electron chi connectivity index (χ1n) is 10.0. The summed E-state index contributed by atoms with van der Waals surface area (Å²) in [5.41, 5.74) is 1.93. The Morgan fingerprint density at radius 3 is 2.39 bits per heavy atom. The van der Waals surface area contributed by atoms with Crippen molar-refractivity contribution in [3.05, 3.63) is 69.9 Å². The van der Waals surface area contributed by atoms with E-state index in [1.165, 1.54) is 23.5 Å². The summed E-state index contributed by atoms with van der Waals surface area (Å²) in [4.78, 5) is 26.7. The maximum atomic E-state index is 13.7. The first-order valence-corrected chi connectivity index (χ1v) is 10.8. The van der Waals surface area contributed by atoms with Gasteiger partial charge in [-0.3, -0.25) is 4.79 Å². The summed E-state index contributed by atoms with van der Waals surface area (Å²) in [6.07, 6.45) is 1.48. The van der Waals surface area contributed by atoms with Gasteiger partial charge in [-0.1, -0.05) is 41.7 Å². The Balaban J connectivity index is 1.33. The predicted octanol–water partition coefficient (Wildman–Crippen LogP) is 4.65. The summed E-state index contributed by atoms with van der Waals surface area (Å²) < 4.78 is 13.7. The molecule has 2 N–H and O–H groups in total. The highest BCUT2D eigenvalue weighted by Crippen LogP contribution is 2.31. The third-order valence-electron chi connectivity index (χ3n) is 5.28. The highest BCUT2D eigenvalue weighted by Gasteiger charge is 2.27. The van der Waals surface area contributed by atoms with Crippen LogP contribution in [0.5, 0.6) is 0 Å². The molecule has 3 amide bonds. The van der Waals surface area contributed by atoms with Crippen LogP contribution in [0.3, 0.4) is 0 Å². The van der Waals surface area contributed by atoms with Crippen LogP contribution in [0, 0.1) is 12.7 Å². The van der Waals surface area contributed by atoms with Crippen LogP contribution >= 0.6 is 11.3 Å². The average Bonchev–Trinajstić information content (AvgIpc) is 3.27. The number of amides is 3. The van der Waals surface area contributed by atoms with Crippen molar-refractivity contribution in [3.63, 3.8) is 0 Å². The number of nitrogens with one attached hydrogen (secondary N) is 2. The van der Waals surface area contributed by atoms with Crippen molar-refractivity contribution in [1.29, 1.82) is 0 Å². The second kappa shape index (κ2) is 9.22. The molecule has 0 atom stereocenters. The van der Waals surface area contributed by atoms with Crippen LogP contribution in [0.1, 0.15) is 39.1 Å². The monoisotopic (exact) mass is 439 g/mol. The lowest BCUT2D eigenvalue weighted by molar-refractivity contribution is 0.102. The van der Waals surface area contributed by atoms with Crippen molar-refractivity contribution >= 4 is 34.6 Å². The Labute approximate surface area is 183 Å². The maximum Gasteiger partial charge on any atom is 0.321 e. The van der Waals surface area contributed by atoms with Crippen molar-refractivity contribution in [3.8, 4) is 0 Å². The molecule has 2 aromatic carbocycles. The van der Waals surface area contributed by atoms with Gasteiger partial charge in [0.05, 0.1) is 5.69 Å². The normalized spacial score (nSPS) is 14.3. The van der Waals surface area contributed by atoms with Gasteiger partial charge in [-0.05, 0) is 43.5 Å². The van der Waals surface area contributed by atoms with E-state index in [4.69, 9.17) is 0 Å². The molecule has 0 radical (unpaired) electrons. The van der Waals surface area contributed by atoms with Crippen molar-refractivity contribution < 1.29 is 14.0 Å². The van der Waals surface area contributed by atoms with E-state index in [0.29, 0.717) is 13.1 Å². The molecule has 1 saturated heterocycles. The van der Waals surface area contributed by atoms with Gasteiger partial charge in [-0.25, -0.2) is 9.18 Å². The fourth-order valence-corrected chi connectivity index (χ4v) is 4.37. The highest BCUT2D eigenvalue weighted by molar-refractivity contribution is 7.13. The van der Waals surface area contributed by atoms with Crippen LogP contribution in [-0.2, 0) is 0 Å². The first-order chi connectivity index (χ1) is 15.0. The van der Waals surface area contributed by atoms with Gasteiger partial charge >= 0.3 is 6.03 Å². The van der Waals surface area contributed by atoms with E-state index < -0.39 is 11.7 Å². The number of para-hydroxylation sites is 2. The lowest BCUT2D eigenvalue weighted by Gasteiger charge is -2.31. The highest BCUT2D eigenvalue weighted by atomic mass is 32.1. The number of urea groups is 1. The molecule has 0 aliphatic carbocycles. The molecule has 1 aliphatic heterocycles. The van der Waals surface area contributed by atoms with Gasteiger partial charge in [0, 0.05) is 24.7 Å². The van der Waals surface area contributed by atoms with Gasteiger partial charge in [0.15, 0.2) is 0 Å². The zero-order chi connectivity index (χ0) is 21.8. The number of aryl methyl sites for hydroxylation is 1. The molecule has 2 heterocycles. The molecule has 3 aromatic rings. The van der Waals surface area contributed by atoms with E-state index in [1.807, 2.05) is 31.2 Å². The van der Waals surface area contributed by atoms with Gasteiger partial charge < -0.3 is 15.5 Å². The summed E-state index contributed by atoms with van der Waals surface area (Å²) in [6.45, 7) is 3.15. The summed E-state index contributed by atoms with van der Waals surface area (Å²) in [5.74, 6) is -0.851. The quantitative estimate of drug-likeness (QED) is 0.620. The standard InChI is InChI=1S/C22H22FN5O2S/c1-14-6-2-4-8-17(14)25-22(30)28-12-10-15(11-13-28)20-26-27-21(31-20)19(29)24-18-9-5-3-7-16(18)23/h2-9,15H,10-13H2,1H3,(H,24,29)(H,25,30). The van der Waals surface area contributed by atoms with Gasteiger partial charge in [0.2, 0.25) is 5.01 Å². The van der Waals surface area contributed by atoms with Crippen LogP contribution in [0.2, 0.25) is 0 Å². The molecular formula is C22H22FN5O2S. The number of anilines is 2. The van der Waals surface area contributed by atoms with Crippen LogP contribution in [0.15, 0.2) is 48.5 Å². The van der Waals surface area contributed by atoms with Crippen molar-refractivity contribution in [1.82, 2.24) is 15.1 Å². The van der Waals surface area contributed by atoms with Crippen molar-refractivity contribution in [2.24, 2.45) is 0 Å². The molecule has 0 spiro atoms. The average molecular weight is 440 g/mol. The van der Waals surface area contributed by atoms with Crippen LogP contribution < -0.4 is 10.6 Å². The minimum atomic E-state index is -0.503. The predicted molar refractivity (Wildman–Crippen MR) is 118 cm³/mol. The first kappa shape index (κ1) is 20.9. The van der Waals surface area contributed by atoms with Gasteiger partial charge in [-0.2, -0.15) is 0 Å². The maximum absolute atomic E-state index is 13.7. The molecule has 4 rings (SSSR count). The molecule has 1 fully saturated rings. The summed E-state index contributed by atoms with van der Waals surface area (Å²) in [5, 5.41) is 14.6. The number of piperidine rings is 1. The van der Waals surface area contributed by atoms with E-state index in [-0.39, 0.29) is 22.6 Å². The minimum absolute atomic E-state index is 0.109. The Morgan fingerprint density at radius 1 is 1.00 bits per heavy atom. The van der Waals surface area contributed by atoms with E-state index >= 15 is 0 Å². The number of hydrogen-bond acceptors (Lipinski definition) is 5. The number of hydrogen-bond donors (Lipinski definition) is 2. The number of carbonyl (C=O) groups is 2. The summed E-state index contributed by atoms with van der Waals surface area (Å²) in [6, 6.07) is 13.5. The lowest BCUT2D eigenvalue weighted by Crippen LogP contribution is -2.40. The fourth-order valence-electron chi connectivity index (χ4n) is 3.47. The smallest absolute Gasteiger partial charge is 0.321 e. The largest absolute Gasteiger partial charge is 0.324 e. The van der Waals surface area contributed by atoms with Crippen LogP contribution in [0.25, 0.3) is 0 Å². The minimum Gasteiger partial charge on any atom is -0.324 e. The van der Waals surface area contributed by atoms with Gasteiger partial charge in [-0.15, -0.1) is 10.2 Å². The Morgan fingerprint density at radius 2 is 1.68 bits per heavy atom. The molecule has 9 heteroatoms. The number of benzene rings is 2. The Hall–Kier alpha value is -3.33. The molecule has 1 aliphatic rings. The van der Waals surface area contributed by atoms with E-state index in [1.54, 1.807) is 17.0 Å². The van der Waals surface area contributed by atoms with Gasteiger partial charge in [0.25, 0.3) is 5.91 Å². The van der Waals surface area contributed by atoms with E-state index in [0.717, 1.165) is 29.1 Å². The molecule has 1 aromatic heterocycles. The SMILES string of the molecule is Cc1ccccc1NC(=O)N1CCC(c2nnc(C(=O)Nc3ccccc3F)s2)CC1. The van der Waals surface area contributed by atoms with E-state index in [9.17, 15) is 14.0 Å². The van der Waals surface area contributed by atoms with Crippen LogP contribution in [-0.4, -0.2) is 40.1 Å². The number of likely N-dealkylation sites (tertiary alicyclic amines) is 1. The lowest BCUT2D eigenvalue weighted by atomic mass is 9.98. The molecule has 160 valence electrons. The van der Waals surface area contributed by atoms with Crippen molar-refractivity contribution in [2.75, 3.05) is 23.7 Å². The molecule has 31 heavy (non-hydrogen) atoms. The molecule has 7 nitrogen and oxygen atoms in total. The molecule has 0 bridgehead atoms. The zero-order valence-corrected chi connectivity index (χ0v) is 17.8. The Kier molecular flexibility index (Phi) is 6.22. The van der Waals surface area contributed by atoms with Crippen LogP contribution in [0.4, 0.5) is 20.6 Å². The Bertz CT molecular complexity index is 1090. The second-order valence-electron chi connectivity index (χ2n) is 7.39. The molecule has 0 unspecified atom stereocenters. The zero-order valence-electron chi connectivity index (χ0n) is 17.0. The number of nitrogens with zero attached hydrogens (tertiary/aromatic N) is 3. The summed E-state index contributed by atoms with van der Waals surface area (Å²) in [7, 11) is 0. The summed E-state index contributed by atoms with van der Waals surface area (Å²) >= 11 is 1.21. The number of rotatable bonds is 4. The fraction of sp³-hybridized carbons (Fsp3) is 0.273. The van der Waals surface area contributed by atoms with E-state index in [2.05, 4.69) is 20.8 Å². The molecule has 0 saturated carbocycles. The number of halogens is 1. The second-order valence-corrected chi connectivity index (χ2v) is 8.39. The topological polar surface area (TPSA) is 87.2 Å². The molecular weight excluding hydrogens is 417 g/mol. The van der Waals surface area contributed by atoms with Gasteiger partial charge in [0.1, 0.15) is 10.8 Å². The van der Waals surface area contributed by atoms with Crippen molar-refractivity contribution in [2.45, 2.75) is 25.7 Å². The number of aromatic nitrogens is 2.